The van der Waals surface area contributed by atoms with E-state index in [1.165, 1.54) is 24.3 Å². The fraction of sp³-hybridized carbons (Fsp3) is 0.387. The van der Waals surface area contributed by atoms with Crippen LogP contribution in [0.4, 0.5) is 11.4 Å². The van der Waals surface area contributed by atoms with Crippen LogP contribution in [0, 0.1) is 0 Å². The lowest BCUT2D eigenvalue weighted by atomic mass is 10.2. The number of sulfonamides is 1. The number of carbonyl (C=O) groups excluding carboxylic acids is 1. The van der Waals surface area contributed by atoms with E-state index in [9.17, 15) is 42.9 Å². The summed E-state index contributed by atoms with van der Waals surface area (Å²) in [6, 6.07) is 14.4. The number of pyridine rings is 1. The molecule has 1 aliphatic heterocycles. The second kappa shape index (κ2) is 16.9. The Bertz CT molecular complexity index is 1670. The number of amides is 1. The molecule has 0 aliphatic carbocycles. The topological polar surface area (TPSA) is 213 Å². The van der Waals surface area contributed by atoms with E-state index in [1.54, 1.807) is 44.0 Å². The van der Waals surface area contributed by atoms with Crippen LogP contribution in [-0.2, 0) is 29.2 Å². The van der Waals surface area contributed by atoms with Gasteiger partial charge in [-0.3, -0.25) is 48.5 Å². The summed E-state index contributed by atoms with van der Waals surface area (Å²) < 4.78 is 28.8. The number of carboxylic acids is 3. The van der Waals surface area contributed by atoms with Crippen molar-refractivity contribution in [1.29, 1.82) is 0 Å². The highest BCUT2D eigenvalue weighted by Crippen LogP contribution is 2.24. The number of aromatic nitrogens is 1. The Hall–Kier alpha value is -4.68. The first kappa shape index (κ1) is 36.2. The summed E-state index contributed by atoms with van der Waals surface area (Å²) in [5.41, 5.74) is 1.20. The lowest BCUT2D eigenvalue weighted by Gasteiger charge is -2.32. The molecule has 0 saturated carbocycles. The highest BCUT2D eigenvalue weighted by molar-refractivity contribution is 7.92. The molecule has 0 radical (unpaired) electrons. The van der Waals surface area contributed by atoms with Crippen molar-refractivity contribution in [2.75, 3.05) is 88.6 Å². The summed E-state index contributed by atoms with van der Waals surface area (Å²) in [4.78, 5) is 58.5. The zero-order valence-corrected chi connectivity index (χ0v) is 27.0. The number of para-hydroxylation sites is 1. The van der Waals surface area contributed by atoms with Crippen LogP contribution in [0.5, 0.6) is 0 Å². The molecule has 0 spiro atoms. The van der Waals surface area contributed by atoms with Crippen molar-refractivity contribution in [2.24, 2.45) is 0 Å². The fourth-order valence-corrected chi connectivity index (χ4v) is 6.36. The van der Waals surface area contributed by atoms with Crippen molar-refractivity contribution in [2.45, 2.75) is 4.90 Å². The molecule has 16 nitrogen and oxygen atoms in total. The zero-order valence-electron chi connectivity index (χ0n) is 26.2. The minimum atomic E-state index is -3.97. The van der Waals surface area contributed by atoms with Gasteiger partial charge in [0.25, 0.3) is 10.0 Å². The Balaban J connectivity index is 1.41. The van der Waals surface area contributed by atoms with Gasteiger partial charge in [-0.25, -0.2) is 8.42 Å². The zero-order chi connectivity index (χ0) is 34.7. The van der Waals surface area contributed by atoms with Gasteiger partial charge >= 0.3 is 17.9 Å². The average molecular weight is 686 g/mol. The van der Waals surface area contributed by atoms with Gasteiger partial charge in [-0.15, -0.1) is 0 Å². The molecular formula is C31H39N7O9S. The standard InChI is InChI=1S/C31H39N7O9S/c39-27(33-24-6-8-25(9-7-24)48(46,47)34-26-5-1-3-23-4-2-10-32-31(23)26)19-35-11-13-36(20-28(40)41)15-17-38(22-30(44)45)18-16-37(14-12-35)21-29(42)43/h1-10,34H,11-22H2,(H,33,39)(H,40,41)(H,42,43)(H,44,45). The molecule has 1 saturated heterocycles. The summed E-state index contributed by atoms with van der Waals surface area (Å²) in [6.45, 7) is 1.26. The van der Waals surface area contributed by atoms with E-state index in [0.717, 1.165) is 5.39 Å². The second-order valence-electron chi connectivity index (χ2n) is 11.3. The molecule has 4 rings (SSSR count). The molecule has 258 valence electrons. The normalized spacial score (nSPS) is 16.4. The highest BCUT2D eigenvalue weighted by atomic mass is 32.2. The van der Waals surface area contributed by atoms with Crippen molar-refractivity contribution in [3.63, 3.8) is 0 Å². The third-order valence-corrected chi connectivity index (χ3v) is 9.08. The number of nitrogens with one attached hydrogen (secondary N) is 2. The van der Waals surface area contributed by atoms with Crippen LogP contribution in [0.25, 0.3) is 10.9 Å². The molecule has 0 atom stereocenters. The smallest absolute Gasteiger partial charge is 0.317 e. The van der Waals surface area contributed by atoms with Gasteiger partial charge in [-0.05, 0) is 36.4 Å². The fourth-order valence-electron chi connectivity index (χ4n) is 5.30. The van der Waals surface area contributed by atoms with Crippen LogP contribution in [0.3, 0.4) is 0 Å². The van der Waals surface area contributed by atoms with E-state index in [4.69, 9.17) is 0 Å². The third kappa shape index (κ3) is 11.2. The van der Waals surface area contributed by atoms with Crippen molar-refractivity contribution in [3.05, 3.63) is 60.8 Å². The Kier molecular flexibility index (Phi) is 12.8. The Morgan fingerprint density at radius 1 is 0.646 bits per heavy atom. The van der Waals surface area contributed by atoms with Gasteiger partial charge in [0.05, 0.1) is 42.3 Å². The van der Waals surface area contributed by atoms with Gasteiger partial charge in [-0.2, -0.15) is 0 Å². The Labute approximate surface area is 277 Å². The van der Waals surface area contributed by atoms with Crippen LogP contribution in [0.1, 0.15) is 0 Å². The lowest BCUT2D eigenvalue weighted by Crippen LogP contribution is -2.49. The summed E-state index contributed by atoms with van der Waals surface area (Å²) in [5.74, 6) is -3.53. The van der Waals surface area contributed by atoms with Gasteiger partial charge in [0.15, 0.2) is 0 Å². The molecule has 48 heavy (non-hydrogen) atoms. The van der Waals surface area contributed by atoms with Gasteiger partial charge in [0.2, 0.25) is 5.91 Å². The number of carboxylic acid groups (broad SMARTS) is 3. The molecule has 1 amide bonds. The first-order chi connectivity index (χ1) is 22.9. The Morgan fingerprint density at radius 3 is 1.58 bits per heavy atom. The SMILES string of the molecule is O=C(O)CN1CCN(CC(=O)O)CCN(CC(=O)Nc2ccc(S(=O)(=O)Nc3cccc4cccnc34)cc2)CCN(CC(=O)O)CC1. The average Bonchev–Trinajstić information content (AvgIpc) is 3.02. The number of aliphatic carboxylic acids is 3. The molecule has 0 bridgehead atoms. The molecule has 3 aromatic rings. The molecule has 5 N–H and O–H groups in total. The second-order valence-corrected chi connectivity index (χ2v) is 13.0. The summed E-state index contributed by atoms with van der Waals surface area (Å²) in [5, 5.41) is 31.7. The number of nitrogens with zero attached hydrogens (tertiary/aromatic N) is 5. The minimum Gasteiger partial charge on any atom is -0.480 e. The summed E-state index contributed by atoms with van der Waals surface area (Å²) in [6.07, 6.45) is 1.58. The molecule has 2 heterocycles. The molecule has 1 aliphatic rings. The van der Waals surface area contributed by atoms with E-state index in [2.05, 4.69) is 15.0 Å². The van der Waals surface area contributed by atoms with Crippen molar-refractivity contribution in [3.8, 4) is 0 Å². The molecule has 2 aromatic carbocycles. The van der Waals surface area contributed by atoms with Crippen LogP contribution in [0.15, 0.2) is 65.7 Å². The predicted molar refractivity (Wildman–Crippen MR) is 176 cm³/mol. The maximum absolute atomic E-state index is 13.1. The first-order valence-electron chi connectivity index (χ1n) is 15.2. The van der Waals surface area contributed by atoms with Crippen LogP contribution in [-0.4, -0.2) is 151 Å². The number of fused-ring (bicyclic) bond motifs is 1. The number of benzene rings is 2. The third-order valence-electron chi connectivity index (χ3n) is 7.70. The monoisotopic (exact) mass is 685 g/mol. The number of hydrogen-bond acceptors (Lipinski definition) is 11. The number of carbonyl (C=O) groups is 4. The quantitative estimate of drug-likeness (QED) is 0.175. The lowest BCUT2D eigenvalue weighted by molar-refractivity contribution is -0.140. The van der Waals surface area contributed by atoms with E-state index in [1.807, 2.05) is 12.1 Å². The summed E-state index contributed by atoms with van der Waals surface area (Å²) in [7, 11) is -3.97. The largest absolute Gasteiger partial charge is 0.480 e. The van der Waals surface area contributed by atoms with Crippen LogP contribution >= 0.6 is 0 Å². The molecule has 1 fully saturated rings. The van der Waals surface area contributed by atoms with Gasteiger partial charge in [0, 0.05) is 69.6 Å². The summed E-state index contributed by atoms with van der Waals surface area (Å²) >= 11 is 0. The van der Waals surface area contributed by atoms with E-state index in [-0.39, 0.29) is 83.4 Å². The van der Waals surface area contributed by atoms with Crippen LogP contribution in [0.2, 0.25) is 0 Å². The van der Waals surface area contributed by atoms with Crippen molar-refractivity contribution in [1.82, 2.24) is 24.6 Å². The molecular weight excluding hydrogens is 646 g/mol. The van der Waals surface area contributed by atoms with Crippen LogP contribution < -0.4 is 10.0 Å². The molecule has 1 aromatic heterocycles. The highest BCUT2D eigenvalue weighted by Gasteiger charge is 2.22. The maximum Gasteiger partial charge on any atom is 0.317 e. The first-order valence-corrected chi connectivity index (χ1v) is 16.7. The molecule has 17 heteroatoms. The number of rotatable bonds is 12. The van der Waals surface area contributed by atoms with E-state index in [0.29, 0.717) is 16.9 Å². The van der Waals surface area contributed by atoms with E-state index >= 15 is 0 Å². The van der Waals surface area contributed by atoms with Crippen molar-refractivity contribution < 1.29 is 42.9 Å². The number of anilines is 2. The van der Waals surface area contributed by atoms with Gasteiger partial charge in [0.1, 0.15) is 0 Å². The maximum atomic E-state index is 13.1. The number of hydrogen-bond donors (Lipinski definition) is 5. The molecule has 0 unspecified atom stereocenters. The van der Waals surface area contributed by atoms with Crippen molar-refractivity contribution >= 4 is 56.1 Å². The minimum absolute atomic E-state index is 0.0181. The Morgan fingerprint density at radius 2 is 1.10 bits per heavy atom. The van der Waals surface area contributed by atoms with Gasteiger partial charge < -0.3 is 20.6 Å². The predicted octanol–water partition coefficient (Wildman–Crippen LogP) is 0.450. The van der Waals surface area contributed by atoms with E-state index < -0.39 is 33.8 Å². The van der Waals surface area contributed by atoms with Gasteiger partial charge in [-0.1, -0.05) is 18.2 Å².